The van der Waals surface area contributed by atoms with Crippen LogP contribution in [-0.2, 0) is 17.9 Å². The minimum absolute atomic E-state index is 0.133. The summed E-state index contributed by atoms with van der Waals surface area (Å²) in [6, 6.07) is 18.7. The lowest BCUT2D eigenvalue weighted by atomic mass is 10.2. The van der Waals surface area contributed by atoms with E-state index in [4.69, 9.17) is 4.84 Å². The third-order valence-corrected chi connectivity index (χ3v) is 2.98. The van der Waals surface area contributed by atoms with E-state index in [-0.39, 0.29) is 6.54 Å². The Morgan fingerprint density at radius 2 is 1.43 bits per heavy atom. The zero-order valence-electron chi connectivity index (χ0n) is 11.8. The van der Waals surface area contributed by atoms with E-state index >= 15 is 0 Å². The van der Waals surface area contributed by atoms with Gasteiger partial charge in [0.2, 0.25) is 0 Å². The molecule has 0 aromatic heterocycles. The summed E-state index contributed by atoms with van der Waals surface area (Å²) in [5.41, 5.74) is 1.77. The lowest BCUT2D eigenvalue weighted by Gasteiger charge is -2.25. The maximum atomic E-state index is 11.3. The fourth-order valence-electron chi connectivity index (χ4n) is 1.94. The van der Waals surface area contributed by atoms with E-state index < -0.39 is 5.03 Å². The molecular formula is C15H17N3O3. The number of rotatable bonds is 7. The molecule has 0 bridgehead atoms. The van der Waals surface area contributed by atoms with Crippen molar-refractivity contribution < 1.29 is 9.87 Å². The van der Waals surface area contributed by atoms with Crippen molar-refractivity contribution in [1.29, 1.82) is 0 Å². The lowest BCUT2D eigenvalue weighted by Crippen LogP contribution is -2.44. The molecular weight excluding hydrogens is 270 g/mol. The van der Waals surface area contributed by atoms with Gasteiger partial charge in [-0.3, -0.25) is 4.84 Å². The molecule has 0 heterocycles. The van der Waals surface area contributed by atoms with Crippen molar-refractivity contribution in [1.82, 2.24) is 10.3 Å². The molecule has 0 aliphatic carbocycles. The number of benzene rings is 2. The maximum absolute atomic E-state index is 11.3. The Hall–Kier alpha value is -2.44. The number of hydrogen-bond donors (Lipinski definition) is 0. The molecule has 110 valence electrons. The highest BCUT2D eigenvalue weighted by molar-refractivity contribution is 5.15. The van der Waals surface area contributed by atoms with Gasteiger partial charge in [-0.15, -0.1) is 0 Å². The first-order valence-corrected chi connectivity index (χ1v) is 6.52. The van der Waals surface area contributed by atoms with E-state index in [1.54, 1.807) is 0 Å². The molecule has 0 radical (unpaired) electrons. The molecule has 0 amide bonds. The highest BCUT2D eigenvalue weighted by Crippen LogP contribution is 2.12. The van der Waals surface area contributed by atoms with E-state index in [9.17, 15) is 10.1 Å². The van der Waals surface area contributed by atoms with Gasteiger partial charge in [0.1, 0.15) is 6.54 Å². The number of hydrazine groups is 2. The molecule has 0 aliphatic rings. The summed E-state index contributed by atoms with van der Waals surface area (Å²) in [6.07, 6.45) is 0. The summed E-state index contributed by atoms with van der Waals surface area (Å²) in [7, 11) is 1.42. The molecule has 0 N–H and O–H groups in total. The van der Waals surface area contributed by atoms with Gasteiger partial charge < -0.3 is 0 Å². The van der Waals surface area contributed by atoms with Gasteiger partial charge >= 0.3 is 0 Å². The highest BCUT2D eigenvalue weighted by Gasteiger charge is 2.24. The van der Waals surface area contributed by atoms with Crippen LogP contribution in [-0.4, -0.2) is 22.4 Å². The Morgan fingerprint density at radius 1 is 0.952 bits per heavy atom. The average Bonchev–Trinajstić information content (AvgIpc) is 2.52. The van der Waals surface area contributed by atoms with Crippen molar-refractivity contribution >= 4 is 0 Å². The van der Waals surface area contributed by atoms with Crippen LogP contribution in [0.3, 0.4) is 0 Å². The Labute approximate surface area is 123 Å². The molecule has 0 fully saturated rings. The molecule has 2 aromatic rings. The highest BCUT2D eigenvalue weighted by atomic mass is 16.8. The predicted octanol–water partition coefficient (Wildman–Crippen LogP) is 2.66. The first-order valence-electron chi connectivity index (χ1n) is 6.52. The zero-order chi connectivity index (χ0) is 15.1. The summed E-state index contributed by atoms with van der Waals surface area (Å²) in [5.74, 6) is 0. The topological polar surface area (TPSA) is 58.8 Å². The summed E-state index contributed by atoms with van der Waals surface area (Å²) < 4.78 is 0. The second-order valence-electron chi connectivity index (χ2n) is 4.43. The molecule has 0 unspecified atom stereocenters. The van der Waals surface area contributed by atoms with E-state index in [0.29, 0.717) is 6.54 Å². The standard InChI is InChI=1S/C15H17N3O3/c1-21-17(13-15-10-6-3-7-11-15)16(18(19)20)12-14-8-4-2-5-9-14/h2-11H,12-13H2,1H3. The fraction of sp³-hybridized carbons (Fsp3) is 0.200. The smallest absolute Gasteiger partial charge is 0.178 e. The molecule has 2 rings (SSSR count). The van der Waals surface area contributed by atoms with E-state index in [1.807, 2.05) is 60.7 Å². The Morgan fingerprint density at radius 3 is 1.86 bits per heavy atom. The third kappa shape index (κ3) is 4.27. The van der Waals surface area contributed by atoms with Crippen molar-refractivity contribution in [2.75, 3.05) is 7.11 Å². The van der Waals surface area contributed by atoms with Gasteiger partial charge in [-0.25, -0.2) is 10.1 Å². The molecule has 0 saturated heterocycles. The summed E-state index contributed by atoms with van der Waals surface area (Å²) in [5, 5.41) is 13.0. The fourth-order valence-corrected chi connectivity index (χ4v) is 1.94. The van der Waals surface area contributed by atoms with Crippen LogP contribution in [0.25, 0.3) is 0 Å². The van der Waals surface area contributed by atoms with Crippen LogP contribution in [0.2, 0.25) is 0 Å². The average molecular weight is 287 g/mol. The third-order valence-electron chi connectivity index (χ3n) is 2.98. The van der Waals surface area contributed by atoms with Crippen molar-refractivity contribution in [3.63, 3.8) is 0 Å². The molecule has 6 heteroatoms. The minimum atomic E-state index is -0.473. The van der Waals surface area contributed by atoms with Gasteiger partial charge in [-0.2, -0.15) is 0 Å². The number of nitro groups is 1. The van der Waals surface area contributed by atoms with Crippen molar-refractivity contribution in [2.24, 2.45) is 0 Å². The molecule has 21 heavy (non-hydrogen) atoms. The molecule has 0 saturated carbocycles. The van der Waals surface area contributed by atoms with Gasteiger partial charge in [0.15, 0.2) is 5.03 Å². The minimum Gasteiger partial charge on any atom is -0.278 e. The van der Waals surface area contributed by atoms with E-state index in [0.717, 1.165) is 16.2 Å². The number of hydrogen-bond acceptors (Lipinski definition) is 4. The van der Waals surface area contributed by atoms with Crippen LogP contribution < -0.4 is 0 Å². The van der Waals surface area contributed by atoms with Crippen molar-refractivity contribution in [2.45, 2.75) is 13.1 Å². The van der Waals surface area contributed by atoms with Crippen LogP contribution in [0, 0.1) is 10.1 Å². The summed E-state index contributed by atoms with van der Waals surface area (Å²) in [4.78, 5) is 16.5. The van der Waals surface area contributed by atoms with Crippen LogP contribution in [0.1, 0.15) is 11.1 Å². The van der Waals surface area contributed by atoms with Crippen molar-refractivity contribution in [3.05, 3.63) is 81.9 Å². The molecule has 2 aromatic carbocycles. The van der Waals surface area contributed by atoms with E-state index in [1.165, 1.54) is 12.3 Å². The summed E-state index contributed by atoms with van der Waals surface area (Å²) in [6.45, 7) is 0.430. The Kier molecular flexibility index (Phi) is 5.25. The Bertz CT molecular complexity index is 563. The van der Waals surface area contributed by atoms with Gasteiger partial charge in [0.25, 0.3) is 0 Å². The van der Waals surface area contributed by atoms with Crippen molar-refractivity contribution in [3.8, 4) is 0 Å². The quantitative estimate of drug-likeness (QED) is 0.579. The Balaban J connectivity index is 2.13. The molecule has 0 aliphatic heterocycles. The van der Waals surface area contributed by atoms with Gasteiger partial charge in [-0.05, 0) is 21.4 Å². The van der Waals surface area contributed by atoms with Gasteiger partial charge in [0, 0.05) is 0 Å². The van der Waals surface area contributed by atoms with Gasteiger partial charge in [0.05, 0.1) is 13.7 Å². The zero-order valence-corrected chi connectivity index (χ0v) is 11.8. The largest absolute Gasteiger partial charge is 0.278 e. The van der Waals surface area contributed by atoms with Crippen LogP contribution in [0.5, 0.6) is 0 Å². The monoisotopic (exact) mass is 287 g/mol. The first-order chi connectivity index (χ1) is 10.2. The van der Waals surface area contributed by atoms with Crippen LogP contribution in [0.15, 0.2) is 60.7 Å². The second kappa shape index (κ2) is 7.37. The van der Waals surface area contributed by atoms with Gasteiger partial charge in [-0.1, -0.05) is 60.7 Å². The number of nitrogens with zero attached hydrogens (tertiary/aromatic N) is 3. The summed E-state index contributed by atoms with van der Waals surface area (Å²) >= 11 is 0. The molecule has 0 atom stereocenters. The SMILES string of the molecule is CON(Cc1ccccc1)N(Cc1ccccc1)[N+](=O)[O-]. The second-order valence-corrected chi connectivity index (χ2v) is 4.43. The first kappa shape index (κ1) is 15.0. The molecule has 6 nitrogen and oxygen atoms in total. The number of hydroxylamine groups is 1. The van der Waals surface area contributed by atoms with Crippen LogP contribution in [0.4, 0.5) is 0 Å². The maximum Gasteiger partial charge on any atom is 0.178 e. The van der Waals surface area contributed by atoms with Crippen LogP contribution >= 0.6 is 0 Å². The van der Waals surface area contributed by atoms with E-state index in [2.05, 4.69) is 0 Å². The normalized spacial score (nSPS) is 10.6. The molecule has 0 spiro atoms. The lowest BCUT2D eigenvalue weighted by molar-refractivity contribution is -0.730. The predicted molar refractivity (Wildman–Crippen MR) is 78.0 cm³/mol.